The maximum atomic E-state index is 12.6. The van der Waals surface area contributed by atoms with Crippen LogP contribution < -0.4 is 10.6 Å². The lowest BCUT2D eigenvalue weighted by Crippen LogP contribution is -2.27. The smallest absolute Gasteiger partial charge is 0.274 e. The zero-order chi connectivity index (χ0) is 18.7. The maximum absolute atomic E-state index is 12.6. The van der Waals surface area contributed by atoms with Crippen molar-refractivity contribution in [1.29, 1.82) is 0 Å². The molecule has 0 aliphatic carbocycles. The molecule has 0 aromatic carbocycles. The Morgan fingerprint density at radius 3 is 2.62 bits per heavy atom. The number of nitrogens with one attached hydrogen (secondary N) is 2. The highest BCUT2D eigenvalue weighted by Gasteiger charge is 2.20. The lowest BCUT2D eigenvalue weighted by molar-refractivity contribution is 0.0942. The Balaban J connectivity index is 1.73. The van der Waals surface area contributed by atoms with E-state index in [9.17, 15) is 9.59 Å². The maximum Gasteiger partial charge on any atom is 0.274 e. The molecule has 0 unspecified atom stereocenters. The average molecular weight is 356 g/mol. The molecule has 0 spiro atoms. The van der Waals surface area contributed by atoms with Gasteiger partial charge in [-0.3, -0.25) is 23.6 Å². The number of hydrogen-bond donors (Lipinski definition) is 2. The van der Waals surface area contributed by atoms with Crippen LogP contribution in [0.15, 0.2) is 30.9 Å². The standard InChI is InChI=1S/C16H20N8O2/c1-4-24-13(5-6-18-24)15(25)21-12-9-20-23(3)14(12)16(26)17-7-11-8-19-22(2)10-11/h5-6,8-10H,4,7H2,1-3H3,(H,17,26)(H,21,25). The van der Waals surface area contributed by atoms with Crippen LogP contribution in [0, 0.1) is 0 Å². The Bertz CT molecular complexity index is 936. The minimum atomic E-state index is -0.348. The van der Waals surface area contributed by atoms with Crippen LogP contribution in [0.4, 0.5) is 5.69 Å². The van der Waals surface area contributed by atoms with Gasteiger partial charge in [-0.15, -0.1) is 0 Å². The molecule has 136 valence electrons. The minimum absolute atomic E-state index is 0.268. The van der Waals surface area contributed by atoms with E-state index in [4.69, 9.17) is 0 Å². The first kappa shape index (κ1) is 17.4. The van der Waals surface area contributed by atoms with Gasteiger partial charge in [-0.25, -0.2) is 0 Å². The number of nitrogens with zero attached hydrogens (tertiary/aromatic N) is 6. The van der Waals surface area contributed by atoms with Gasteiger partial charge < -0.3 is 10.6 Å². The highest BCUT2D eigenvalue weighted by Crippen LogP contribution is 2.16. The molecule has 26 heavy (non-hydrogen) atoms. The van der Waals surface area contributed by atoms with Crippen LogP contribution >= 0.6 is 0 Å². The van der Waals surface area contributed by atoms with Gasteiger partial charge in [-0.05, 0) is 13.0 Å². The Hall–Kier alpha value is -3.43. The van der Waals surface area contributed by atoms with Crippen molar-refractivity contribution in [2.75, 3.05) is 5.32 Å². The minimum Gasteiger partial charge on any atom is -0.346 e. The average Bonchev–Trinajstić information content (AvgIpc) is 3.33. The molecule has 0 saturated heterocycles. The largest absolute Gasteiger partial charge is 0.346 e. The van der Waals surface area contributed by atoms with Crippen LogP contribution in [0.2, 0.25) is 0 Å². The fourth-order valence-corrected chi connectivity index (χ4v) is 2.59. The topological polar surface area (TPSA) is 112 Å². The van der Waals surface area contributed by atoms with E-state index in [-0.39, 0.29) is 17.5 Å². The Labute approximate surface area is 149 Å². The van der Waals surface area contributed by atoms with Crippen molar-refractivity contribution < 1.29 is 9.59 Å². The van der Waals surface area contributed by atoms with E-state index in [1.54, 1.807) is 41.9 Å². The van der Waals surface area contributed by atoms with E-state index in [0.717, 1.165) is 5.56 Å². The highest BCUT2D eigenvalue weighted by atomic mass is 16.2. The van der Waals surface area contributed by atoms with Crippen LogP contribution in [0.3, 0.4) is 0 Å². The number of carbonyl (C=O) groups is 2. The summed E-state index contributed by atoms with van der Waals surface area (Å²) in [4.78, 5) is 25.0. The van der Waals surface area contributed by atoms with E-state index >= 15 is 0 Å². The zero-order valence-electron chi connectivity index (χ0n) is 14.8. The third-order valence-corrected chi connectivity index (χ3v) is 3.86. The molecule has 0 atom stereocenters. The molecular weight excluding hydrogens is 336 g/mol. The lowest BCUT2D eigenvalue weighted by atomic mass is 10.3. The van der Waals surface area contributed by atoms with Gasteiger partial charge in [0.25, 0.3) is 11.8 Å². The quantitative estimate of drug-likeness (QED) is 0.670. The second-order valence-electron chi connectivity index (χ2n) is 5.72. The van der Waals surface area contributed by atoms with E-state index < -0.39 is 0 Å². The summed E-state index contributed by atoms with van der Waals surface area (Å²) in [5, 5.41) is 17.7. The number of rotatable bonds is 6. The summed E-state index contributed by atoms with van der Waals surface area (Å²) in [5.41, 5.74) is 1.90. The number of carbonyl (C=O) groups excluding carboxylic acids is 2. The summed E-state index contributed by atoms with van der Waals surface area (Å²) < 4.78 is 4.66. The van der Waals surface area contributed by atoms with E-state index in [1.807, 2.05) is 13.1 Å². The van der Waals surface area contributed by atoms with Crippen LogP contribution in [-0.4, -0.2) is 41.2 Å². The molecule has 10 heteroatoms. The normalized spacial score (nSPS) is 10.7. The van der Waals surface area contributed by atoms with Crippen molar-refractivity contribution in [1.82, 2.24) is 34.7 Å². The third kappa shape index (κ3) is 3.48. The zero-order valence-corrected chi connectivity index (χ0v) is 14.8. The van der Waals surface area contributed by atoms with Crippen LogP contribution in [0.25, 0.3) is 0 Å². The first-order valence-electron chi connectivity index (χ1n) is 8.10. The SMILES string of the molecule is CCn1nccc1C(=O)Nc1cnn(C)c1C(=O)NCc1cnn(C)c1. The van der Waals surface area contributed by atoms with Gasteiger partial charge in [0.1, 0.15) is 11.4 Å². The predicted octanol–water partition coefficient (Wildman–Crippen LogP) is 0.552. The number of amides is 2. The van der Waals surface area contributed by atoms with Gasteiger partial charge in [0, 0.05) is 45.1 Å². The second-order valence-corrected chi connectivity index (χ2v) is 5.72. The van der Waals surface area contributed by atoms with E-state index in [1.165, 1.54) is 10.9 Å². The summed E-state index contributed by atoms with van der Waals surface area (Å²) >= 11 is 0. The van der Waals surface area contributed by atoms with Gasteiger partial charge in [-0.1, -0.05) is 0 Å². The van der Waals surface area contributed by atoms with Gasteiger partial charge in [0.15, 0.2) is 0 Å². The Morgan fingerprint density at radius 1 is 1.12 bits per heavy atom. The second kappa shape index (κ2) is 7.21. The molecule has 3 aromatic rings. The van der Waals surface area contributed by atoms with Crippen molar-refractivity contribution in [2.24, 2.45) is 14.1 Å². The summed E-state index contributed by atoms with van der Waals surface area (Å²) in [5.74, 6) is -0.688. The van der Waals surface area contributed by atoms with E-state index in [2.05, 4.69) is 25.9 Å². The van der Waals surface area contributed by atoms with E-state index in [0.29, 0.717) is 24.5 Å². The molecule has 0 radical (unpaired) electrons. The molecule has 0 aliphatic rings. The molecule has 0 aliphatic heterocycles. The van der Waals surface area contributed by atoms with Gasteiger partial charge >= 0.3 is 0 Å². The first-order chi connectivity index (χ1) is 12.5. The molecule has 10 nitrogen and oxygen atoms in total. The first-order valence-corrected chi connectivity index (χ1v) is 8.10. The Morgan fingerprint density at radius 2 is 1.92 bits per heavy atom. The van der Waals surface area contributed by atoms with Gasteiger partial charge in [0.2, 0.25) is 0 Å². The molecule has 3 aromatic heterocycles. The van der Waals surface area contributed by atoms with Crippen LogP contribution in [-0.2, 0) is 27.2 Å². The Kier molecular flexibility index (Phi) is 4.83. The summed E-state index contributed by atoms with van der Waals surface area (Å²) in [6.45, 7) is 2.79. The highest BCUT2D eigenvalue weighted by molar-refractivity contribution is 6.07. The molecule has 0 bridgehead atoms. The number of hydrogen-bond acceptors (Lipinski definition) is 5. The molecule has 3 heterocycles. The van der Waals surface area contributed by atoms with Crippen molar-refractivity contribution in [3.8, 4) is 0 Å². The number of anilines is 1. The number of aromatic nitrogens is 6. The fourth-order valence-electron chi connectivity index (χ4n) is 2.59. The van der Waals surface area contributed by atoms with Crippen LogP contribution in [0.5, 0.6) is 0 Å². The number of aryl methyl sites for hydroxylation is 3. The monoisotopic (exact) mass is 356 g/mol. The summed E-state index contributed by atoms with van der Waals surface area (Å²) in [6, 6.07) is 1.62. The summed E-state index contributed by atoms with van der Waals surface area (Å²) in [7, 11) is 3.45. The summed E-state index contributed by atoms with van der Waals surface area (Å²) in [6.07, 6.45) is 6.50. The molecule has 0 fully saturated rings. The van der Waals surface area contributed by atoms with Gasteiger partial charge in [-0.2, -0.15) is 15.3 Å². The lowest BCUT2D eigenvalue weighted by Gasteiger charge is -2.09. The van der Waals surface area contributed by atoms with Crippen LogP contribution in [0.1, 0.15) is 33.5 Å². The van der Waals surface area contributed by atoms with Crippen molar-refractivity contribution in [2.45, 2.75) is 20.0 Å². The van der Waals surface area contributed by atoms with Crippen molar-refractivity contribution in [3.05, 3.63) is 47.8 Å². The molecule has 2 amide bonds. The van der Waals surface area contributed by atoms with Gasteiger partial charge in [0.05, 0.1) is 18.1 Å². The molecular formula is C16H20N8O2. The van der Waals surface area contributed by atoms with Crippen molar-refractivity contribution in [3.63, 3.8) is 0 Å². The fraction of sp³-hybridized carbons (Fsp3) is 0.312. The predicted molar refractivity (Wildman–Crippen MR) is 93.4 cm³/mol. The molecule has 0 saturated carbocycles. The molecule has 2 N–H and O–H groups in total. The van der Waals surface area contributed by atoms with Crippen molar-refractivity contribution >= 4 is 17.5 Å². The molecule has 3 rings (SSSR count). The third-order valence-electron chi connectivity index (χ3n) is 3.86.